The minimum atomic E-state index is 0.494. The number of rotatable bonds is 3. The van der Waals surface area contributed by atoms with E-state index in [2.05, 4.69) is 73.7 Å². The van der Waals surface area contributed by atoms with Gasteiger partial charge in [-0.05, 0) is 64.1 Å². The van der Waals surface area contributed by atoms with Gasteiger partial charge in [0.05, 0.1) is 0 Å². The lowest BCUT2D eigenvalue weighted by Gasteiger charge is -2.32. The van der Waals surface area contributed by atoms with Crippen LogP contribution in [0.5, 0.6) is 0 Å². The highest BCUT2D eigenvalue weighted by Gasteiger charge is 2.28. The predicted octanol–water partition coefficient (Wildman–Crippen LogP) is 8.59. The second-order valence-electron chi connectivity index (χ2n) is 9.64. The van der Waals surface area contributed by atoms with Crippen molar-refractivity contribution >= 4 is 16.8 Å². The lowest BCUT2D eigenvalue weighted by molar-refractivity contribution is 0.234. The zero-order chi connectivity index (χ0) is 19.7. The van der Waals surface area contributed by atoms with Crippen LogP contribution in [0.2, 0.25) is 0 Å². The smallest absolute Gasteiger partial charge is 0.00574 e. The van der Waals surface area contributed by atoms with E-state index in [0.29, 0.717) is 5.41 Å². The molecule has 0 nitrogen and oxygen atoms in total. The van der Waals surface area contributed by atoms with Gasteiger partial charge in [0.15, 0.2) is 0 Å². The third-order valence-electron chi connectivity index (χ3n) is 7.26. The van der Waals surface area contributed by atoms with E-state index < -0.39 is 0 Å². The van der Waals surface area contributed by atoms with E-state index in [4.69, 9.17) is 0 Å². The lowest BCUT2D eigenvalue weighted by Crippen LogP contribution is -2.18. The Balaban J connectivity index is 1.49. The second kappa shape index (κ2) is 7.82. The average Bonchev–Trinajstić information content (AvgIpc) is 3.13. The van der Waals surface area contributed by atoms with Gasteiger partial charge in [-0.15, -0.1) is 0 Å². The Kier molecular flexibility index (Phi) is 5.04. The number of hydrogen-bond donors (Lipinski definition) is 0. The van der Waals surface area contributed by atoms with Crippen LogP contribution in [0.15, 0.2) is 66.2 Å². The standard InChI is InChI=1S/C29H32/c1-29(17-7-3-2-4-8-18-29)21-22-19-24-13-10-16-27(28(24)20-22)26-15-9-12-23-11-5-6-14-25(23)26/h5-6,9-16,20H,2-4,7-8,17-19,21H2,1H3. The molecule has 148 valence electrons. The minimum absolute atomic E-state index is 0.494. The first-order valence-electron chi connectivity index (χ1n) is 11.5. The molecule has 29 heavy (non-hydrogen) atoms. The van der Waals surface area contributed by atoms with Gasteiger partial charge >= 0.3 is 0 Å². The van der Waals surface area contributed by atoms with Crippen LogP contribution in [-0.2, 0) is 6.42 Å². The van der Waals surface area contributed by atoms with Gasteiger partial charge in [-0.25, -0.2) is 0 Å². The minimum Gasteiger partial charge on any atom is -0.0646 e. The number of benzene rings is 3. The lowest BCUT2D eigenvalue weighted by atomic mass is 9.73. The molecule has 0 N–H and O–H groups in total. The van der Waals surface area contributed by atoms with Gasteiger partial charge in [-0.1, -0.05) is 111 Å². The predicted molar refractivity (Wildman–Crippen MR) is 126 cm³/mol. The van der Waals surface area contributed by atoms with Gasteiger partial charge in [0.2, 0.25) is 0 Å². The van der Waals surface area contributed by atoms with Crippen LogP contribution in [0.1, 0.15) is 69.4 Å². The molecule has 2 aliphatic carbocycles. The fraction of sp³-hybridized carbons (Fsp3) is 0.379. The van der Waals surface area contributed by atoms with Gasteiger partial charge in [-0.2, -0.15) is 0 Å². The maximum absolute atomic E-state index is 2.55. The first-order chi connectivity index (χ1) is 14.2. The van der Waals surface area contributed by atoms with Crippen LogP contribution >= 0.6 is 0 Å². The average molecular weight is 381 g/mol. The molecule has 0 saturated heterocycles. The summed E-state index contributed by atoms with van der Waals surface area (Å²) in [5.41, 5.74) is 7.89. The van der Waals surface area contributed by atoms with Gasteiger partial charge in [-0.3, -0.25) is 0 Å². The summed E-state index contributed by atoms with van der Waals surface area (Å²) in [4.78, 5) is 0. The molecule has 0 bridgehead atoms. The van der Waals surface area contributed by atoms with Crippen molar-refractivity contribution in [3.05, 3.63) is 77.4 Å². The largest absolute Gasteiger partial charge is 0.0646 e. The van der Waals surface area contributed by atoms with Crippen molar-refractivity contribution in [3.8, 4) is 11.1 Å². The van der Waals surface area contributed by atoms with Crippen LogP contribution in [0.25, 0.3) is 28.0 Å². The summed E-state index contributed by atoms with van der Waals surface area (Å²) in [7, 11) is 0. The Morgan fingerprint density at radius 3 is 2.28 bits per heavy atom. The maximum atomic E-state index is 2.55. The molecular formula is C29H32. The third kappa shape index (κ3) is 3.78. The van der Waals surface area contributed by atoms with Gasteiger partial charge in [0.1, 0.15) is 0 Å². The summed E-state index contributed by atoms with van der Waals surface area (Å²) < 4.78 is 0. The third-order valence-corrected chi connectivity index (χ3v) is 7.26. The molecule has 0 aliphatic heterocycles. The highest BCUT2D eigenvalue weighted by Crippen LogP contribution is 2.44. The van der Waals surface area contributed by atoms with Crippen LogP contribution < -0.4 is 0 Å². The Hall–Kier alpha value is -2.34. The van der Waals surface area contributed by atoms with Crippen LogP contribution in [0.3, 0.4) is 0 Å². The van der Waals surface area contributed by atoms with Crippen LogP contribution in [0.4, 0.5) is 0 Å². The Bertz CT molecular complexity index is 1040. The molecular weight excluding hydrogens is 348 g/mol. The fourth-order valence-corrected chi connectivity index (χ4v) is 5.73. The Morgan fingerprint density at radius 2 is 1.41 bits per heavy atom. The second-order valence-corrected chi connectivity index (χ2v) is 9.64. The van der Waals surface area contributed by atoms with Crippen molar-refractivity contribution in [2.24, 2.45) is 5.41 Å². The molecule has 2 aliphatic rings. The van der Waals surface area contributed by atoms with Crippen molar-refractivity contribution in [2.75, 3.05) is 0 Å². The van der Waals surface area contributed by atoms with E-state index in [1.165, 1.54) is 84.4 Å². The van der Waals surface area contributed by atoms with Crippen molar-refractivity contribution < 1.29 is 0 Å². The van der Waals surface area contributed by atoms with E-state index in [-0.39, 0.29) is 0 Å². The monoisotopic (exact) mass is 380 g/mol. The summed E-state index contributed by atoms with van der Waals surface area (Å²) >= 11 is 0. The summed E-state index contributed by atoms with van der Waals surface area (Å²) in [6, 6.07) is 22.4. The molecule has 0 heterocycles. The summed E-state index contributed by atoms with van der Waals surface area (Å²) in [5, 5.41) is 2.68. The van der Waals surface area contributed by atoms with Crippen molar-refractivity contribution in [1.29, 1.82) is 0 Å². The fourth-order valence-electron chi connectivity index (χ4n) is 5.73. The zero-order valence-corrected chi connectivity index (χ0v) is 17.7. The molecule has 5 rings (SSSR count). The molecule has 0 spiro atoms. The molecule has 1 fully saturated rings. The topological polar surface area (TPSA) is 0 Å². The molecule has 0 aromatic heterocycles. The van der Waals surface area contributed by atoms with Gasteiger partial charge < -0.3 is 0 Å². The van der Waals surface area contributed by atoms with Gasteiger partial charge in [0.25, 0.3) is 0 Å². The van der Waals surface area contributed by atoms with E-state index in [9.17, 15) is 0 Å². The van der Waals surface area contributed by atoms with Crippen LogP contribution in [-0.4, -0.2) is 0 Å². The van der Waals surface area contributed by atoms with E-state index >= 15 is 0 Å². The SMILES string of the molecule is CC1(CC2=Cc3c(cccc3-c3cccc4ccccc34)C2)CCCCCCC1. The molecule has 0 atom stereocenters. The maximum Gasteiger partial charge on any atom is -0.00574 e. The van der Waals surface area contributed by atoms with Gasteiger partial charge in [0, 0.05) is 0 Å². The van der Waals surface area contributed by atoms with Crippen LogP contribution in [0, 0.1) is 5.41 Å². The number of hydrogen-bond acceptors (Lipinski definition) is 0. The highest BCUT2D eigenvalue weighted by atomic mass is 14.3. The summed E-state index contributed by atoms with van der Waals surface area (Å²) in [6.07, 6.45) is 14.9. The zero-order valence-electron chi connectivity index (χ0n) is 17.7. The number of fused-ring (bicyclic) bond motifs is 2. The molecule has 3 aromatic rings. The van der Waals surface area contributed by atoms with E-state index in [1.807, 2.05) is 0 Å². The first kappa shape index (κ1) is 18.7. The summed E-state index contributed by atoms with van der Waals surface area (Å²) in [6.45, 7) is 2.55. The van der Waals surface area contributed by atoms with Crippen molar-refractivity contribution in [1.82, 2.24) is 0 Å². The highest BCUT2D eigenvalue weighted by molar-refractivity contribution is 5.99. The van der Waals surface area contributed by atoms with E-state index in [0.717, 1.165) is 6.42 Å². The first-order valence-corrected chi connectivity index (χ1v) is 11.5. The Labute approximate surface area is 175 Å². The molecule has 0 amide bonds. The molecule has 1 saturated carbocycles. The molecule has 3 aromatic carbocycles. The normalized spacial score (nSPS) is 18.7. The Morgan fingerprint density at radius 1 is 0.724 bits per heavy atom. The van der Waals surface area contributed by atoms with E-state index in [1.54, 1.807) is 5.57 Å². The van der Waals surface area contributed by atoms with Crippen molar-refractivity contribution in [2.45, 2.75) is 64.7 Å². The molecule has 0 radical (unpaired) electrons. The van der Waals surface area contributed by atoms with Crippen molar-refractivity contribution in [3.63, 3.8) is 0 Å². The number of allylic oxidation sites excluding steroid dienone is 1. The summed E-state index contributed by atoms with van der Waals surface area (Å²) in [5.74, 6) is 0. The molecule has 0 heteroatoms. The quantitative estimate of drug-likeness (QED) is 0.427. The molecule has 0 unspecified atom stereocenters.